The highest BCUT2D eigenvalue weighted by Crippen LogP contribution is 2.14. The Labute approximate surface area is 254 Å². The van der Waals surface area contributed by atoms with E-state index in [9.17, 15) is 20.1 Å². The van der Waals surface area contributed by atoms with Crippen LogP contribution in [0.4, 0.5) is 0 Å². The van der Waals surface area contributed by atoms with Crippen LogP contribution in [0.5, 0.6) is 0 Å². The first-order valence-corrected chi connectivity index (χ1v) is 17.7. The summed E-state index contributed by atoms with van der Waals surface area (Å²) in [5.74, 6) is -0.515. The van der Waals surface area contributed by atoms with Crippen LogP contribution in [0.3, 0.4) is 0 Å². The lowest BCUT2D eigenvalue weighted by Gasteiger charge is -2.21. The SMILES string of the molecule is CCCCC/C=C\CCCCCCC(O)C(=O)NC(CO)C(O)/C=C/CCCCCCCCCCCCCCCC. The molecule has 0 aliphatic heterocycles. The van der Waals surface area contributed by atoms with E-state index in [1.165, 1.54) is 109 Å². The fourth-order valence-corrected chi connectivity index (χ4v) is 5.18. The minimum absolute atomic E-state index is 0.366. The van der Waals surface area contributed by atoms with Gasteiger partial charge in [0, 0.05) is 0 Å². The van der Waals surface area contributed by atoms with Crippen LogP contribution in [0.15, 0.2) is 24.3 Å². The van der Waals surface area contributed by atoms with Crippen LogP contribution in [0, 0.1) is 0 Å². The average molecular weight is 580 g/mol. The van der Waals surface area contributed by atoms with E-state index in [1.54, 1.807) is 6.08 Å². The third-order valence-corrected chi connectivity index (χ3v) is 8.04. The molecule has 3 atom stereocenters. The van der Waals surface area contributed by atoms with Crippen molar-refractivity contribution >= 4 is 5.91 Å². The molecule has 0 bridgehead atoms. The van der Waals surface area contributed by atoms with Gasteiger partial charge in [0.25, 0.3) is 0 Å². The molecule has 0 aliphatic carbocycles. The number of aliphatic hydroxyl groups excluding tert-OH is 3. The van der Waals surface area contributed by atoms with Crippen LogP contribution in [-0.2, 0) is 4.79 Å². The predicted molar refractivity (Wildman–Crippen MR) is 176 cm³/mol. The summed E-state index contributed by atoms with van der Waals surface area (Å²) in [5, 5.41) is 32.8. The van der Waals surface area contributed by atoms with Gasteiger partial charge in [0.15, 0.2) is 0 Å². The second kappa shape index (κ2) is 31.8. The number of carbonyl (C=O) groups is 1. The molecule has 0 heterocycles. The molecule has 0 aromatic rings. The van der Waals surface area contributed by atoms with E-state index in [2.05, 4.69) is 31.3 Å². The molecular weight excluding hydrogens is 510 g/mol. The molecule has 0 aromatic carbocycles. The Bertz CT molecular complexity index is 606. The highest BCUT2D eigenvalue weighted by molar-refractivity contribution is 5.80. The van der Waals surface area contributed by atoms with Gasteiger partial charge in [0.2, 0.25) is 5.91 Å². The third kappa shape index (κ3) is 27.4. The average Bonchev–Trinajstić information content (AvgIpc) is 2.98. The van der Waals surface area contributed by atoms with Crippen LogP contribution in [-0.4, -0.2) is 46.1 Å². The van der Waals surface area contributed by atoms with Gasteiger partial charge in [0.05, 0.1) is 18.8 Å². The zero-order chi connectivity index (χ0) is 30.2. The summed E-state index contributed by atoms with van der Waals surface area (Å²) in [7, 11) is 0. The number of unbranched alkanes of at least 4 members (excludes halogenated alkanes) is 21. The van der Waals surface area contributed by atoms with Crippen LogP contribution in [0.1, 0.15) is 174 Å². The Kier molecular flexibility index (Phi) is 30.9. The van der Waals surface area contributed by atoms with Gasteiger partial charge in [-0.1, -0.05) is 154 Å². The maximum atomic E-state index is 12.3. The van der Waals surface area contributed by atoms with E-state index in [4.69, 9.17) is 0 Å². The smallest absolute Gasteiger partial charge is 0.249 e. The Balaban J connectivity index is 3.77. The van der Waals surface area contributed by atoms with Crippen molar-refractivity contribution in [1.29, 1.82) is 0 Å². The Morgan fingerprint density at radius 1 is 0.585 bits per heavy atom. The molecule has 0 radical (unpaired) electrons. The molecule has 0 spiro atoms. The van der Waals surface area contributed by atoms with Crippen molar-refractivity contribution < 1.29 is 20.1 Å². The molecule has 0 fully saturated rings. The number of hydrogen-bond donors (Lipinski definition) is 4. The van der Waals surface area contributed by atoms with E-state index < -0.39 is 24.2 Å². The first-order chi connectivity index (χ1) is 20.1. The molecule has 5 heteroatoms. The number of aliphatic hydroxyl groups is 3. The maximum Gasteiger partial charge on any atom is 0.249 e. The molecule has 1 amide bonds. The summed E-state index contributed by atoms with van der Waals surface area (Å²) < 4.78 is 0. The number of carbonyl (C=O) groups excluding carboxylic acids is 1. The molecule has 242 valence electrons. The van der Waals surface area contributed by atoms with E-state index in [1.807, 2.05) is 6.08 Å². The summed E-state index contributed by atoms with van der Waals surface area (Å²) >= 11 is 0. The first kappa shape index (κ1) is 39.8. The first-order valence-electron chi connectivity index (χ1n) is 17.7. The van der Waals surface area contributed by atoms with Crippen molar-refractivity contribution in [2.24, 2.45) is 0 Å². The number of allylic oxidation sites excluding steroid dienone is 3. The minimum Gasteiger partial charge on any atom is -0.394 e. The monoisotopic (exact) mass is 580 g/mol. The predicted octanol–water partition coefficient (Wildman–Crippen LogP) is 9.09. The van der Waals surface area contributed by atoms with Crippen molar-refractivity contribution in [3.05, 3.63) is 24.3 Å². The Morgan fingerprint density at radius 2 is 0.976 bits per heavy atom. The van der Waals surface area contributed by atoms with Gasteiger partial charge in [-0.2, -0.15) is 0 Å². The largest absolute Gasteiger partial charge is 0.394 e. The molecule has 0 saturated carbocycles. The van der Waals surface area contributed by atoms with E-state index in [0.717, 1.165) is 44.9 Å². The van der Waals surface area contributed by atoms with Gasteiger partial charge in [0.1, 0.15) is 6.10 Å². The molecule has 0 rings (SSSR count). The van der Waals surface area contributed by atoms with E-state index >= 15 is 0 Å². The van der Waals surface area contributed by atoms with Crippen molar-refractivity contribution in [1.82, 2.24) is 5.32 Å². The van der Waals surface area contributed by atoms with Crippen LogP contribution in [0.25, 0.3) is 0 Å². The Morgan fingerprint density at radius 3 is 1.46 bits per heavy atom. The summed E-state index contributed by atoms with van der Waals surface area (Å²) in [6, 6.07) is -0.797. The van der Waals surface area contributed by atoms with Gasteiger partial charge < -0.3 is 20.6 Å². The van der Waals surface area contributed by atoms with E-state index in [-0.39, 0.29) is 6.61 Å². The molecule has 41 heavy (non-hydrogen) atoms. The highest BCUT2D eigenvalue weighted by atomic mass is 16.3. The van der Waals surface area contributed by atoms with Crippen molar-refractivity contribution in [3.63, 3.8) is 0 Å². The minimum atomic E-state index is -1.10. The van der Waals surface area contributed by atoms with Crippen LogP contribution >= 0.6 is 0 Å². The molecule has 0 aromatic heterocycles. The summed E-state index contributed by atoms with van der Waals surface area (Å²) in [4.78, 5) is 12.3. The number of rotatable bonds is 31. The normalized spacial score (nSPS) is 14.2. The molecule has 0 aliphatic rings. The number of nitrogens with one attached hydrogen (secondary N) is 1. The van der Waals surface area contributed by atoms with Gasteiger partial charge in [-0.3, -0.25) is 4.79 Å². The number of hydrogen-bond acceptors (Lipinski definition) is 4. The maximum absolute atomic E-state index is 12.3. The Hall–Kier alpha value is -1.17. The second-order valence-electron chi connectivity index (χ2n) is 12.1. The lowest BCUT2D eigenvalue weighted by atomic mass is 10.0. The van der Waals surface area contributed by atoms with Crippen molar-refractivity contribution in [2.75, 3.05) is 6.61 Å². The molecule has 3 unspecified atom stereocenters. The van der Waals surface area contributed by atoms with Crippen molar-refractivity contribution in [3.8, 4) is 0 Å². The van der Waals surface area contributed by atoms with Gasteiger partial charge in [-0.05, 0) is 44.9 Å². The standard InChI is InChI=1S/C36H69NO4/c1-3-5-7-9-11-13-15-16-17-18-19-21-22-24-26-28-30-34(39)33(32-38)37-36(41)35(40)31-29-27-25-23-20-14-12-10-8-6-4-2/h12,14,28,30,33-35,38-40H,3-11,13,15-27,29,31-32H2,1-2H3,(H,37,41)/b14-12-,30-28+. The summed E-state index contributed by atoms with van der Waals surface area (Å²) in [6.45, 7) is 4.12. The van der Waals surface area contributed by atoms with Gasteiger partial charge in [-0.25, -0.2) is 0 Å². The zero-order valence-electron chi connectivity index (χ0n) is 27.2. The molecule has 5 nitrogen and oxygen atoms in total. The van der Waals surface area contributed by atoms with Crippen LogP contribution in [0.2, 0.25) is 0 Å². The second-order valence-corrected chi connectivity index (χ2v) is 12.1. The fourth-order valence-electron chi connectivity index (χ4n) is 5.18. The third-order valence-electron chi connectivity index (χ3n) is 8.04. The number of amides is 1. The zero-order valence-corrected chi connectivity index (χ0v) is 27.2. The summed E-state index contributed by atoms with van der Waals surface area (Å²) in [5.41, 5.74) is 0. The molecule has 0 saturated heterocycles. The van der Waals surface area contributed by atoms with Gasteiger partial charge >= 0.3 is 0 Å². The van der Waals surface area contributed by atoms with E-state index in [0.29, 0.717) is 6.42 Å². The lowest BCUT2D eigenvalue weighted by Crippen LogP contribution is -2.48. The fraction of sp³-hybridized carbons (Fsp3) is 0.861. The molecule has 4 N–H and O–H groups in total. The summed E-state index contributed by atoms with van der Waals surface area (Å²) in [6.07, 6.45) is 36.2. The van der Waals surface area contributed by atoms with Gasteiger partial charge in [-0.15, -0.1) is 0 Å². The quantitative estimate of drug-likeness (QED) is 0.0487. The topological polar surface area (TPSA) is 89.8 Å². The van der Waals surface area contributed by atoms with Crippen molar-refractivity contribution in [2.45, 2.75) is 193 Å². The highest BCUT2D eigenvalue weighted by Gasteiger charge is 2.22. The lowest BCUT2D eigenvalue weighted by molar-refractivity contribution is -0.131. The molecular formula is C36H69NO4. The van der Waals surface area contributed by atoms with Crippen LogP contribution < -0.4 is 5.32 Å².